The fourth-order valence-corrected chi connectivity index (χ4v) is 5.15. The Kier molecular flexibility index (Phi) is 5.37. The van der Waals surface area contributed by atoms with Crippen molar-refractivity contribution in [3.8, 4) is 17.4 Å². The minimum atomic E-state index is -4.68. The minimum absolute atomic E-state index is 0.0190. The summed E-state index contributed by atoms with van der Waals surface area (Å²) in [5, 5.41) is 0. The highest BCUT2D eigenvalue weighted by Crippen LogP contribution is 2.47. The van der Waals surface area contributed by atoms with Crippen LogP contribution in [0.4, 0.5) is 27.8 Å². The Morgan fingerprint density at radius 1 is 1.19 bits per heavy atom. The molecular weight excluding hydrogens is 503 g/mol. The number of aromatic nitrogens is 3. The Morgan fingerprint density at radius 3 is 2.78 bits per heavy atom. The van der Waals surface area contributed by atoms with Gasteiger partial charge in [0, 0.05) is 31.8 Å². The first kappa shape index (κ1) is 23.6. The average Bonchev–Trinajstić information content (AvgIpc) is 3.44. The van der Waals surface area contributed by atoms with Crippen molar-refractivity contribution >= 4 is 5.82 Å². The van der Waals surface area contributed by atoms with Crippen molar-refractivity contribution in [2.24, 2.45) is 0 Å². The molecule has 2 saturated heterocycles. The summed E-state index contributed by atoms with van der Waals surface area (Å²) in [5.41, 5.74) is -1.90. The van der Waals surface area contributed by atoms with Crippen LogP contribution >= 0.6 is 0 Å². The predicted molar refractivity (Wildman–Crippen MR) is 118 cm³/mol. The maximum Gasteiger partial charge on any atom is 0.433 e. The third-order valence-electron chi connectivity index (χ3n) is 6.90. The van der Waals surface area contributed by atoms with Gasteiger partial charge >= 0.3 is 11.9 Å². The van der Waals surface area contributed by atoms with Gasteiger partial charge in [-0.1, -0.05) is 6.07 Å². The van der Waals surface area contributed by atoms with Crippen LogP contribution in [0, 0.1) is 11.6 Å². The van der Waals surface area contributed by atoms with E-state index in [-0.39, 0.29) is 41.1 Å². The van der Waals surface area contributed by atoms with Crippen molar-refractivity contribution in [1.29, 1.82) is 0 Å². The average molecular weight is 522 g/mol. The van der Waals surface area contributed by atoms with Crippen LogP contribution in [0.25, 0.3) is 0 Å². The number of hydrogen-bond donors (Lipinski definition) is 0. The van der Waals surface area contributed by atoms with E-state index in [9.17, 15) is 22.4 Å². The van der Waals surface area contributed by atoms with E-state index < -0.39 is 35.1 Å². The number of nitrogens with zero attached hydrogens (tertiary/aromatic N) is 4. The molecule has 0 saturated carbocycles. The molecule has 0 N–H and O–H groups in total. The second-order valence-electron chi connectivity index (χ2n) is 9.24. The van der Waals surface area contributed by atoms with Crippen LogP contribution in [-0.4, -0.2) is 39.3 Å². The first-order valence-electron chi connectivity index (χ1n) is 11.4. The maximum absolute atomic E-state index is 15.5. The molecule has 37 heavy (non-hydrogen) atoms. The lowest BCUT2D eigenvalue weighted by Crippen LogP contribution is -2.55. The third-order valence-corrected chi connectivity index (χ3v) is 6.90. The molecule has 3 aromatic rings. The molecule has 2 bridgehead atoms. The summed E-state index contributed by atoms with van der Waals surface area (Å²) in [6, 6.07) is 5.46. The van der Waals surface area contributed by atoms with Crippen LogP contribution in [0.2, 0.25) is 0 Å². The van der Waals surface area contributed by atoms with Gasteiger partial charge in [0.15, 0.2) is 17.4 Å². The van der Waals surface area contributed by atoms with Crippen molar-refractivity contribution < 1.29 is 36.2 Å². The van der Waals surface area contributed by atoms with E-state index in [4.69, 9.17) is 14.2 Å². The van der Waals surface area contributed by atoms with Gasteiger partial charge in [0.1, 0.15) is 18.1 Å². The standard InChI is InChI=1S/C24H19F5N4O4/c25-16-7-13(1-2-17(16)37-14-3-5-30-18(8-14)24(27,28)29)11-35-20-19(26)21-32(22(34)31-20)6-4-23-9-15(36-12-23)10-33(21)23/h1-3,5,7-8,15H,4,6,9-12H2/t15-,23-/m0/s1. The third kappa shape index (κ3) is 4.06. The molecule has 2 fully saturated rings. The number of alkyl halides is 3. The van der Waals surface area contributed by atoms with Crippen LogP contribution in [0.15, 0.2) is 41.3 Å². The number of ether oxygens (including phenoxy) is 3. The maximum atomic E-state index is 15.5. The quantitative estimate of drug-likeness (QED) is 0.468. The van der Waals surface area contributed by atoms with Crippen molar-refractivity contribution in [1.82, 2.24) is 14.5 Å². The number of benzene rings is 1. The SMILES string of the molecule is O=c1nc(OCc2ccc(Oc3ccnc(C(F)(F)F)c3)c(F)c2)c(F)c2n1CC[C@]13CO[C@H](CN21)C3. The van der Waals surface area contributed by atoms with Crippen LogP contribution in [0.5, 0.6) is 17.4 Å². The molecule has 1 spiro atoms. The Hall–Kier alpha value is -3.74. The van der Waals surface area contributed by atoms with Gasteiger partial charge in [-0.2, -0.15) is 22.5 Å². The molecule has 0 radical (unpaired) electrons. The Labute approximate surface area is 206 Å². The summed E-state index contributed by atoms with van der Waals surface area (Å²) in [6.07, 6.45) is -2.37. The van der Waals surface area contributed by atoms with Gasteiger partial charge in [0.05, 0.1) is 18.2 Å². The summed E-state index contributed by atoms with van der Waals surface area (Å²) in [5.74, 6) is -2.59. The molecule has 5 heterocycles. The lowest BCUT2D eigenvalue weighted by molar-refractivity contribution is -0.141. The van der Waals surface area contributed by atoms with Crippen LogP contribution < -0.4 is 20.1 Å². The fraction of sp³-hybridized carbons (Fsp3) is 0.375. The Bertz CT molecular complexity index is 1450. The number of halogens is 5. The van der Waals surface area contributed by atoms with Crippen molar-refractivity contribution in [3.63, 3.8) is 0 Å². The lowest BCUT2D eigenvalue weighted by Gasteiger charge is -2.44. The summed E-state index contributed by atoms with van der Waals surface area (Å²) >= 11 is 0. The highest BCUT2D eigenvalue weighted by molar-refractivity contribution is 5.52. The van der Waals surface area contributed by atoms with Crippen molar-refractivity contribution in [2.75, 3.05) is 18.1 Å². The molecule has 8 nitrogen and oxygen atoms in total. The monoisotopic (exact) mass is 522 g/mol. The van der Waals surface area contributed by atoms with Gasteiger partial charge in [0.25, 0.3) is 5.88 Å². The van der Waals surface area contributed by atoms with E-state index in [1.54, 1.807) is 0 Å². The van der Waals surface area contributed by atoms with E-state index >= 15 is 4.39 Å². The molecule has 13 heteroatoms. The molecule has 2 aromatic heterocycles. The Morgan fingerprint density at radius 2 is 2.03 bits per heavy atom. The first-order valence-corrected chi connectivity index (χ1v) is 11.4. The topological polar surface area (TPSA) is 78.7 Å². The van der Waals surface area contributed by atoms with Gasteiger partial charge in [0.2, 0.25) is 5.82 Å². The number of morpholine rings is 1. The van der Waals surface area contributed by atoms with E-state index in [2.05, 4.69) is 9.97 Å². The minimum Gasteiger partial charge on any atom is -0.471 e. The predicted octanol–water partition coefficient (Wildman–Crippen LogP) is 4.06. The van der Waals surface area contributed by atoms with E-state index in [1.807, 2.05) is 4.90 Å². The van der Waals surface area contributed by atoms with Crippen LogP contribution in [-0.2, 0) is 24.1 Å². The molecule has 0 unspecified atom stereocenters. The number of hydrogen-bond acceptors (Lipinski definition) is 7. The van der Waals surface area contributed by atoms with Crippen molar-refractivity contribution in [3.05, 3.63) is 69.9 Å². The summed E-state index contributed by atoms with van der Waals surface area (Å²) in [6.45, 7) is 0.941. The van der Waals surface area contributed by atoms with Gasteiger partial charge in [-0.15, -0.1) is 0 Å². The zero-order valence-electron chi connectivity index (χ0n) is 19.1. The number of anilines is 1. The molecule has 194 valence electrons. The summed E-state index contributed by atoms with van der Waals surface area (Å²) in [7, 11) is 0. The van der Waals surface area contributed by atoms with Crippen LogP contribution in [0.1, 0.15) is 24.1 Å². The highest BCUT2D eigenvalue weighted by Gasteiger charge is 2.55. The number of pyridine rings is 1. The second-order valence-corrected chi connectivity index (χ2v) is 9.24. The van der Waals surface area contributed by atoms with Crippen LogP contribution in [0.3, 0.4) is 0 Å². The van der Waals surface area contributed by atoms with Gasteiger partial charge in [-0.25, -0.2) is 9.18 Å². The molecule has 2 atom stereocenters. The first-order chi connectivity index (χ1) is 17.6. The number of rotatable bonds is 5. The fourth-order valence-electron chi connectivity index (χ4n) is 5.15. The summed E-state index contributed by atoms with van der Waals surface area (Å²) in [4.78, 5) is 21.4. The van der Waals surface area contributed by atoms with Crippen molar-refractivity contribution in [2.45, 2.75) is 43.8 Å². The van der Waals surface area contributed by atoms with E-state index in [1.165, 1.54) is 16.7 Å². The molecule has 1 aromatic carbocycles. The normalized spacial score (nSPS) is 22.1. The molecular formula is C24H19F5N4O4. The zero-order valence-corrected chi connectivity index (χ0v) is 19.1. The molecule has 0 amide bonds. The lowest BCUT2D eigenvalue weighted by atomic mass is 9.92. The highest BCUT2D eigenvalue weighted by atomic mass is 19.4. The van der Waals surface area contributed by atoms with Gasteiger partial charge < -0.3 is 19.1 Å². The second kappa shape index (κ2) is 8.40. The largest absolute Gasteiger partial charge is 0.471 e. The van der Waals surface area contributed by atoms with E-state index in [0.717, 1.165) is 24.8 Å². The van der Waals surface area contributed by atoms with E-state index in [0.29, 0.717) is 32.2 Å². The van der Waals surface area contributed by atoms with Gasteiger partial charge in [-0.05, 0) is 30.2 Å². The number of fused-ring (bicyclic) bond motifs is 3. The smallest absolute Gasteiger partial charge is 0.433 e. The molecule has 6 rings (SSSR count). The Balaban J connectivity index is 1.20. The summed E-state index contributed by atoms with van der Waals surface area (Å²) < 4.78 is 86.4. The molecule has 0 aliphatic carbocycles. The molecule has 3 aliphatic rings. The molecule has 3 aliphatic heterocycles. The van der Waals surface area contributed by atoms with Gasteiger partial charge in [-0.3, -0.25) is 9.55 Å². The zero-order chi connectivity index (χ0) is 25.9.